The average molecular weight is 290 g/mol. The Hall–Kier alpha value is -1.35. The molecule has 1 atom stereocenters. The SMILES string of the molecule is CC(C)(CC(O)c1ccc(C2CCCCC2)cc1)C(=O)O. The van der Waals surface area contributed by atoms with Crippen molar-refractivity contribution < 1.29 is 15.0 Å². The lowest BCUT2D eigenvalue weighted by atomic mass is 9.82. The maximum absolute atomic E-state index is 11.1. The Kier molecular flexibility index (Phi) is 5.04. The third-order valence-corrected chi connectivity index (χ3v) is 4.68. The van der Waals surface area contributed by atoms with E-state index < -0.39 is 17.5 Å². The van der Waals surface area contributed by atoms with E-state index in [1.165, 1.54) is 37.7 Å². The van der Waals surface area contributed by atoms with E-state index in [9.17, 15) is 9.90 Å². The van der Waals surface area contributed by atoms with Crippen molar-refractivity contribution in [2.24, 2.45) is 5.41 Å². The molecule has 3 heteroatoms. The minimum absolute atomic E-state index is 0.227. The summed E-state index contributed by atoms with van der Waals surface area (Å²) in [6.45, 7) is 3.30. The summed E-state index contributed by atoms with van der Waals surface area (Å²) in [4.78, 5) is 11.1. The maximum Gasteiger partial charge on any atom is 0.309 e. The molecule has 2 rings (SSSR count). The first kappa shape index (κ1) is 16.0. The summed E-state index contributed by atoms with van der Waals surface area (Å²) in [6, 6.07) is 8.10. The molecule has 1 aromatic carbocycles. The van der Waals surface area contributed by atoms with Crippen molar-refractivity contribution in [3.05, 3.63) is 35.4 Å². The van der Waals surface area contributed by atoms with E-state index in [2.05, 4.69) is 12.1 Å². The van der Waals surface area contributed by atoms with Crippen LogP contribution in [-0.2, 0) is 4.79 Å². The predicted molar refractivity (Wildman–Crippen MR) is 83.3 cm³/mol. The first-order chi connectivity index (χ1) is 9.90. The summed E-state index contributed by atoms with van der Waals surface area (Å²) in [6.07, 6.45) is 5.98. The highest BCUT2D eigenvalue weighted by atomic mass is 16.4. The van der Waals surface area contributed by atoms with Crippen LogP contribution in [0.3, 0.4) is 0 Å². The van der Waals surface area contributed by atoms with Gasteiger partial charge in [0.1, 0.15) is 0 Å². The first-order valence-corrected chi connectivity index (χ1v) is 7.91. The first-order valence-electron chi connectivity index (χ1n) is 7.91. The number of carboxylic acid groups (broad SMARTS) is 1. The lowest BCUT2D eigenvalue weighted by Crippen LogP contribution is -2.26. The molecule has 3 nitrogen and oxygen atoms in total. The summed E-state index contributed by atoms with van der Waals surface area (Å²) in [7, 11) is 0. The maximum atomic E-state index is 11.1. The third kappa shape index (κ3) is 4.07. The second kappa shape index (κ2) is 6.61. The van der Waals surface area contributed by atoms with E-state index in [0.29, 0.717) is 5.92 Å². The van der Waals surface area contributed by atoms with Gasteiger partial charge >= 0.3 is 5.97 Å². The van der Waals surface area contributed by atoms with Crippen LogP contribution in [0.15, 0.2) is 24.3 Å². The number of benzene rings is 1. The quantitative estimate of drug-likeness (QED) is 0.851. The Morgan fingerprint density at radius 1 is 1.19 bits per heavy atom. The van der Waals surface area contributed by atoms with Crippen LogP contribution < -0.4 is 0 Å². The van der Waals surface area contributed by atoms with Gasteiger partial charge < -0.3 is 10.2 Å². The molecule has 0 radical (unpaired) electrons. The molecule has 0 aromatic heterocycles. The fourth-order valence-electron chi connectivity index (χ4n) is 3.11. The van der Waals surface area contributed by atoms with Crippen LogP contribution in [0, 0.1) is 5.41 Å². The minimum atomic E-state index is -0.915. The topological polar surface area (TPSA) is 57.5 Å². The molecule has 0 saturated heterocycles. The van der Waals surface area contributed by atoms with E-state index in [1.54, 1.807) is 13.8 Å². The van der Waals surface area contributed by atoms with E-state index in [-0.39, 0.29) is 6.42 Å². The molecule has 1 fully saturated rings. The summed E-state index contributed by atoms with van der Waals surface area (Å²) in [5.41, 5.74) is 1.24. The summed E-state index contributed by atoms with van der Waals surface area (Å²) < 4.78 is 0. The van der Waals surface area contributed by atoms with Crippen molar-refractivity contribution in [2.45, 2.75) is 64.4 Å². The Morgan fingerprint density at radius 3 is 2.29 bits per heavy atom. The zero-order chi connectivity index (χ0) is 15.5. The molecular formula is C18H26O3. The molecular weight excluding hydrogens is 264 g/mol. The molecule has 1 aromatic rings. The molecule has 21 heavy (non-hydrogen) atoms. The van der Waals surface area contributed by atoms with Crippen LogP contribution in [0.1, 0.15) is 75.5 Å². The van der Waals surface area contributed by atoms with Crippen LogP contribution in [0.5, 0.6) is 0 Å². The van der Waals surface area contributed by atoms with Gasteiger partial charge in [-0.05, 0) is 50.2 Å². The number of aliphatic hydroxyl groups excluding tert-OH is 1. The highest BCUT2D eigenvalue weighted by Crippen LogP contribution is 2.34. The van der Waals surface area contributed by atoms with Crippen molar-refractivity contribution in [1.29, 1.82) is 0 Å². The van der Waals surface area contributed by atoms with Gasteiger partial charge in [-0.15, -0.1) is 0 Å². The van der Waals surface area contributed by atoms with Crippen molar-refractivity contribution in [1.82, 2.24) is 0 Å². The van der Waals surface area contributed by atoms with E-state index >= 15 is 0 Å². The van der Waals surface area contributed by atoms with Crippen LogP contribution in [-0.4, -0.2) is 16.2 Å². The van der Waals surface area contributed by atoms with Gasteiger partial charge in [0.25, 0.3) is 0 Å². The zero-order valence-corrected chi connectivity index (χ0v) is 13.0. The lowest BCUT2D eigenvalue weighted by Gasteiger charge is -2.24. The summed E-state index contributed by atoms with van der Waals surface area (Å²) >= 11 is 0. The van der Waals surface area contributed by atoms with E-state index in [0.717, 1.165) is 5.56 Å². The van der Waals surface area contributed by atoms with Gasteiger partial charge in [0.05, 0.1) is 11.5 Å². The summed E-state index contributed by atoms with van der Waals surface area (Å²) in [5.74, 6) is -0.222. The highest BCUT2D eigenvalue weighted by Gasteiger charge is 2.30. The van der Waals surface area contributed by atoms with Gasteiger partial charge in [0.15, 0.2) is 0 Å². The number of carbonyl (C=O) groups is 1. The van der Waals surface area contributed by atoms with Gasteiger partial charge in [-0.1, -0.05) is 43.5 Å². The average Bonchev–Trinajstić information content (AvgIpc) is 2.48. The molecule has 1 unspecified atom stereocenters. The van der Waals surface area contributed by atoms with Gasteiger partial charge in [0.2, 0.25) is 0 Å². The standard InChI is InChI=1S/C18H26O3/c1-18(2,17(20)21)12-16(19)15-10-8-14(9-11-15)13-6-4-3-5-7-13/h8-11,13,16,19H,3-7,12H2,1-2H3,(H,20,21). The Labute approximate surface area is 127 Å². The van der Waals surface area contributed by atoms with Gasteiger partial charge in [-0.25, -0.2) is 0 Å². The number of hydrogen-bond donors (Lipinski definition) is 2. The fraction of sp³-hybridized carbons (Fsp3) is 0.611. The van der Waals surface area contributed by atoms with Gasteiger partial charge in [-0.3, -0.25) is 4.79 Å². The normalized spacial score (nSPS) is 18.4. The van der Waals surface area contributed by atoms with Crippen molar-refractivity contribution in [3.8, 4) is 0 Å². The lowest BCUT2D eigenvalue weighted by molar-refractivity contribution is -0.148. The van der Waals surface area contributed by atoms with Crippen molar-refractivity contribution in [3.63, 3.8) is 0 Å². The van der Waals surface area contributed by atoms with Gasteiger partial charge in [0, 0.05) is 0 Å². The van der Waals surface area contributed by atoms with Crippen LogP contribution in [0.4, 0.5) is 0 Å². The number of aliphatic hydroxyl groups is 1. The van der Waals surface area contributed by atoms with Crippen LogP contribution >= 0.6 is 0 Å². The largest absolute Gasteiger partial charge is 0.481 e. The van der Waals surface area contributed by atoms with Crippen LogP contribution in [0.25, 0.3) is 0 Å². The third-order valence-electron chi connectivity index (χ3n) is 4.68. The summed E-state index contributed by atoms with van der Waals surface area (Å²) in [5, 5.41) is 19.4. The van der Waals surface area contributed by atoms with Crippen LogP contribution in [0.2, 0.25) is 0 Å². The number of rotatable bonds is 5. The second-order valence-corrected chi connectivity index (χ2v) is 6.91. The molecule has 2 N–H and O–H groups in total. The Morgan fingerprint density at radius 2 is 1.76 bits per heavy atom. The molecule has 0 aliphatic heterocycles. The van der Waals surface area contributed by atoms with Crippen molar-refractivity contribution in [2.75, 3.05) is 0 Å². The molecule has 1 aliphatic carbocycles. The highest BCUT2D eigenvalue weighted by molar-refractivity contribution is 5.73. The van der Waals surface area contributed by atoms with Crippen molar-refractivity contribution >= 4 is 5.97 Å². The minimum Gasteiger partial charge on any atom is -0.481 e. The second-order valence-electron chi connectivity index (χ2n) is 6.91. The number of carboxylic acids is 1. The predicted octanol–water partition coefficient (Wildman–Crippen LogP) is 4.27. The smallest absolute Gasteiger partial charge is 0.309 e. The fourth-order valence-corrected chi connectivity index (χ4v) is 3.11. The molecule has 1 saturated carbocycles. The number of hydrogen-bond acceptors (Lipinski definition) is 2. The molecule has 0 spiro atoms. The van der Waals surface area contributed by atoms with E-state index in [4.69, 9.17) is 5.11 Å². The molecule has 1 aliphatic rings. The Balaban J connectivity index is 2.02. The molecule has 0 amide bonds. The number of aliphatic carboxylic acids is 1. The Bertz CT molecular complexity index is 470. The van der Waals surface area contributed by atoms with E-state index in [1.807, 2.05) is 12.1 Å². The molecule has 116 valence electrons. The molecule has 0 heterocycles. The van der Waals surface area contributed by atoms with Gasteiger partial charge in [-0.2, -0.15) is 0 Å². The molecule has 0 bridgehead atoms. The monoisotopic (exact) mass is 290 g/mol. The zero-order valence-electron chi connectivity index (χ0n) is 13.0.